The Balaban J connectivity index is 4.83. The van der Waals surface area contributed by atoms with E-state index in [0.29, 0.717) is 18.4 Å². The summed E-state index contributed by atoms with van der Waals surface area (Å²) in [5, 5.41) is 17.2. The normalized spacial score (nSPS) is 12.0. The average molecular weight is 191 g/mol. The summed E-state index contributed by atoms with van der Waals surface area (Å²) in [4.78, 5) is 10.8. The predicted octanol–water partition coefficient (Wildman–Crippen LogP) is 2.43. The summed E-state index contributed by atoms with van der Waals surface area (Å²) in [6.45, 7) is 5.16. The minimum Gasteiger partial charge on any atom is -0.478 e. The van der Waals surface area contributed by atoms with Gasteiger partial charge in [-0.1, -0.05) is 24.8 Å². The molecule has 1 N–H and O–H groups in total. The third-order valence-corrected chi connectivity index (χ3v) is 1.69. The maximum atomic E-state index is 10.8. The molecule has 0 unspecified atom stereocenters. The lowest BCUT2D eigenvalue weighted by atomic mass is 10.0. The number of allylic oxidation sites excluding steroid dienone is 3. The van der Waals surface area contributed by atoms with Crippen LogP contribution in [0.5, 0.6) is 0 Å². The van der Waals surface area contributed by atoms with Crippen molar-refractivity contribution in [1.82, 2.24) is 0 Å². The van der Waals surface area contributed by atoms with Gasteiger partial charge in [0.1, 0.15) is 0 Å². The van der Waals surface area contributed by atoms with Gasteiger partial charge in [0.25, 0.3) is 0 Å². The Hall–Kier alpha value is -1.82. The lowest BCUT2D eigenvalue weighted by Gasteiger charge is -2.04. The maximum Gasteiger partial charge on any atom is 0.335 e. The lowest BCUT2D eigenvalue weighted by Crippen LogP contribution is -2.03. The fraction of sp³-hybridized carbons (Fsp3) is 0.273. The molecule has 0 atom stereocenters. The summed E-state index contributed by atoms with van der Waals surface area (Å²) in [7, 11) is 0. The molecule has 0 aromatic rings. The smallest absolute Gasteiger partial charge is 0.335 e. The molecule has 0 fully saturated rings. The van der Waals surface area contributed by atoms with Gasteiger partial charge < -0.3 is 5.11 Å². The summed E-state index contributed by atoms with van der Waals surface area (Å²) in [6.07, 6.45) is 5.42. The van der Waals surface area contributed by atoms with Crippen LogP contribution in [0.25, 0.3) is 0 Å². The molecule has 0 saturated carbocycles. The zero-order valence-corrected chi connectivity index (χ0v) is 8.16. The van der Waals surface area contributed by atoms with Gasteiger partial charge in [0.05, 0.1) is 11.6 Å². The third-order valence-electron chi connectivity index (χ3n) is 1.69. The topological polar surface area (TPSA) is 61.1 Å². The minimum atomic E-state index is -0.974. The van der Waals surface area contributed by atoms with Gasteiger partial charge in [-0.2, -0.15) is 5.26 Å². The van der Waals surface area contributed by atoms with Crippen molar-refractivity contribution in [1.29, 1.82) is 5.26 Å². The van der Waals surface area contributed by atoms with Gasteiger partial charge in [0, 0.05) is 6.42 Å². The Kier molecular flexibility index (Phi) is 5.80. The summed E-state index contributed by atoms with van der Waals surface area (Å²) < 4.78 is 0. The van der Waals surface area contributed by atoms with Crippen LogP contribution >= 0.6 is 0 Å². The number of hydrogen-bond acceptors (Lipinski definition) is 2. The van der Waals surface area contributed by atoms with E-state index < -0.39 is 5.97 Å². The van der Waals surface area contributed by atoms with Gasteiger partial charge in [-0.25, -0.2) is 4.79 Å². The van der Waals surface area contributed by atoms with Crippen LogP contribution in [-0.4, -0.2) is 11.1 Å². The highest BCUT2D eigenvalue weighted by Crippen LogP contribution is 2.16. The Morgan fingerprint density at radius 3 is 2.64 bits per heavy atom. The second-order valence-electron chi connectivity index (χ2n) is 2.59. The molecule has 0 spiro atoms. The molecule has 0 aliphatic rings. The van der Waals surface area contributed by atoms with Crippen molar-refractivity contribution in [3.63, 3.8) is 0 Å². The average Bonchev–Trinajstić information content (AvgIpc) is 2.14. The number of rotatable bonds is 5. The summed E-state index contributed by atoms with van der Waals surface area (Å²) >= 11 is 0. The zero-order valence-electron chi connectivity index (χ0n) is 8.16. The van der Waals surface area contributed by atoms with Crippen LogP contribution in [0.15, 0.2) is 36.0 Å². The highest BCUT2D eigenvalue weighted by atomic mass is 16.4. The van der Waals surface area contributed by atoms with E-state index in [4.69, 9.17) is 10.4 Å². The van der Waals surface area contributed by atoms with Crippen LogP contribution in [0.1, 0.15) is 19.8 Å². The molecular weight excluding hydrogens is 178 g/mol. The fourth-order valence-electron chi connectivity index (χ4n) is 1.09. The van der Waals surface area contributed by atoms with Crippen LogP contribution in [0.3, 0.4) is 0 Å². The van der Waals surface area contributed by atoms with Crippen LogP contribution in [0.2, 0.25) is 0 Å². The van der Waals surface area contributed by atoms with E-state index in [0.717, 1.165) is 0 Å². The van der Waals surface area contributed by atoms with Crippen molar-refractivity contribution in [3.8, 4) is 6.07 Å². The van der Waals surface area contributed by atoms with Crippen LogP contribution < -0.4 is 0 Å². The first-order valence-electron chi connectivity index (χ1n) is 4.25. The molecule has 14 heavy (non-hydrogen) atoms. The molecule has 0 amide bonds. The van der Waals surface area contributed by atoms with Crippen LogP contribution in [-0.2, 0) is 4.79 Å². The second kappa shape index (κ2) is 6.67. The third kappa shape index (κ3) is 3.72. The Morgan fingerprint density at radius 1 is 1.64 bits per heavy atom. The molecule has 0 rings (SSSR count). The van der Waals surface area contributed by atoms with Gasteiger partial charge in [0.2, 0.25) is 0 Å². The van der Waals surface area contributed by atoms with Crippen LogP contribution in [0.4, 0.5) is 0 Å². The molecule has 0 aliphatic carbocycles. The van der Waals surface area contributed by atoms with E-state index >= 15 is 0 Å². The SMILES string of the molecule is C=C/C=C(CCC#N)\C(=C/C)C(=O)O. The van der Waals surface area contributed by atoms with Crippen molar-refractivity contribution < 1.29 is 9.90 Å². The fourth-order valence-corrected chi connectivity index (χ4v) is 1.09. The monoisotopic (exact) mass is 191 g/mol. The molecule has 74 valence electrons. The molecule has 0 bridgehead atoms. The number of carboxylic acid groups (broad SMARTS) is 1. The molecule has 0 aliphatic heterocycles. The number of carboxylic acids is 1. The van der Waals surface area contributed by atoms with Gasteiger partial charge in [-0.15, -0.1) is 0 Å². The van der Waals surface area contributed by atoms with E-state index in [-0.39, 0.29) is 5.57 Å². The number of aliphatic carboxylic acids is 1. The Bertz CT molecular complexity index is 319. The highest BCUT2D eigenvalue weighted by molar-refractivity contribution is 5.91. The summed E-state index contributed by atoms with van der Waals surface area (Å²) in [6, 6.07) is 1.98. The van der Waals surface area contributed by atoms with E-state index in [2.05, 4.69) is 6.58 Å². The molecule has 0 aromatic carbocycles. The zero-order chi connectivity index (χ0) is 11.0. The van der Waals surface area contributed by atoms with Crippen molar-refractivity contribution in [3.05, 3.63) is 36.0 Å². The minimum absolute atomic E-state index is 0.236. The number of nitrogens with zero attached hydrogens (tertiary/aromatic N) is 1. The molecule has 0 saturated heterocycles. The Labute approximate surface area is 83.7 Å². The van der Waals surface area contributed by atoms with Crippen molar-refractivity contribution in [2.45, 2.75) is 19.8 Å². The van der Waals surface area contributed by atoms with Crippen molar-refractivity contribution in [2.24, 2.45) is 0 Å². The first kappa shape index (κ1) is 12.2. The largest absolute Gasteiger partial charge is 0.478 e. The first-order chi connectivity index (χ1) is 6.67. The molecule has 3 heteroatoms. The Morgan fingerprint density at radius 2 is 2.29 bits per heavy atom. The van der Waals surface area contributed by atoms with Crippen molar-refractivity contribution in [2.75, 3.05) is 0 Å². The highest BCUT2D eigenvalue weighted by Gasteiger charge is 2.10. The first-order valence-corrected chi connectivity index (χ1v) is 4.25. The molecule has 3 nitrogen and oxygen atoms in total. The van der Waals surface area contributed by atoms with Gasteiger partial charge in [-0.05, 0) is 18.9 Å². The van der Waals surface area contributed by atoms with E-state index in [9.17, 15) is 4.79 Å². The van der Waals surface area contributed by atoms with Gasteiger partial charge >= 0.3 is 5.97 Å². The number of nitriles is 1. The summed E-state index contributed by atoms with van der Waals surface area (Å²) in [5.41, 5.74) is 0.872. The van der Waals surface area contributed by atoms with E-state index in [1.165, 1.54) is 12.2 Å². The molecular formula is C11H13NO2. The molecule has 0 aromatic heterocycles. The standard InChI is InChI=1S/C11H13NO2/c1-3-6-9(7-5-8-12)10(4-2)11(13)14/h3-4,6H,1,5,7H2,2H3,(H,13,14)/b9-6-,10-4+. The lowest BCUT2D eigenvalue weighted by molar-refractivity contribution is -0.132. The van der Waals surface area contributed by atoms with E-state index in [1.807, 2.05) is 6.07 Å². The van der Waals surface area contributed by atoms with Gasteiger partial charge in [0.15, 0.2) is 0 Å². The quantitative estimate of drug-likeness (QED) is 0.536. The molecule has 0 heterocycles. The van der Waals surface area contributed by atoms with Crippen molar-refractivity contribution >= 4 is 5.97 Å². The summed E-state index contributed by atoms with van der Waals surface area (Å²) in [5.74, 6) is -0.974. The maximum absolute atomic E-state index is 10.8. The van der Waals surface area contributed by atoms with Gasteiger partial charge in [-0.3, -0.25) is 0 Å². The predicted molar refractivity (Wildman–Crippen MR) is 54.5 cm³/mol. The van der Waals surface area contributed by atoms with Crippen LogP contribution in [0, 0.1) is 11.3 Å². The van der Waals surface area contributed by atoms with E-state index in [1.54, 1.807) is 13.0 Å². The number of carbonyl (C=O) groups is 1. The number of hydrogen-bond donors (Lipinski definition) is 1. The molecule has 0 radical (unpaired) electrons. The second-order valence-corrected chi connectivity index (χ2v) is 2.59.